The predicted octanol–water partition coefficient (Wildman–Crippen LogP) is 1.97. The lowest BCUT2D eigenvalue weighted by Crippen LogP contribution is -1.86. The van der Waals surface area contributed by atoms with Crippen LogP contribution in [0.1, 0.15) is 5.69 Å². The number of nitrogens with zero attached hydrogens (tertiary/aromatic N) is 3. The second-order valence-electron chi connectivity index (χ2n) is 2.30. The first-order valence-corrected chi connectivity index (χ1v) is 4.14. The molecule has 58 valence electrons. The molecule has 0 spiro atoms. The molecule has 0 amide bonds. The van der Waals surface area contributed by atoms with Crippen LogP contribution in [0.15, 0.2) is 29.0 Å². The maximum Gasteiger partial charge on any atom is 0.152 e. The van der Waals surface area contributed by atoms with Gasteiger partial charge in [-0.2, -0.15) is 5.26 Å². The molecule has 0 aliphatic carbocycles. The highest BCUT2D eigenvalue weighted by molar-refractivity contribution is 9.10. The van der Waals surface area contributed by atoms with Gasteiger partial charge in [-0.05, 0) is 28.1 Å². The van der Waals surface area contributed by atoms with Crippen molar-refractivity contribution in [3.63, 3.8) is 0 Å². The molecular formula is C8H4BrN3. The third kappa shape index (κ3) is 0.908. The minimum atomic E-state index is 0.548. The van der Waals surface area contributed by atoms with Gasteiger partial charge in [-0.25, -0.2) is 4.98 Å². The van der Waals surface area contributed by atoms with Gasteiger partial charge in [-0.3, -0.25) is 4.40 Å². The molecule has 2 rings (SSSR count). The normalized spacial score (nSPS) is 10.0. The van der Waals surface area contributed by atoms with E-state index in [0.29, 0.717) is 5.69 Å². The van der Waals surface area contributed by atoms with Crippen molar-refractivity contribution >= 4 is 21.6 Å². The Balaban J connectivity index is 2.91. The number of nitriles is 1. The zero-order valence-electron chi connectivity index (χ0n) is 6.03. The van der Waals surface area contributed by atoms with E-state index in [1.165, 1.54) is 0 Å². The van der Waals surface area contributed by atoms with E-state index in [4.69, 9.17) is 5.26 Å². The molecule has 0 saturated carbocycles. The van der Waals surface area contributed by atoms with Crippen LogP contribution >= 0.6 is 15.9 Å². The Hall–Kier alpha value is -1.34. The Morgan fingerprint density at radius 3 is 3.17 bits per heavy atom. The third-order valence-corrected chi connectivity index (χ3v) is 2.22. The molecule has 2 aromatic heterocycles. The van der Waals surface area contributed by atoms with Crippen LogP contribution in [-0.2, 0) is 0 Å². The number of fused-ring (bicyclic) bond motifs is 1. The molecule has 3 nitrogen and oxygen atoms in total. The molecule has 0 atom stereocenters. The molecule has 0 unspecified atom stereocenters. The number of aromatic nitrogens is 2. The summed E-state index contributed by atoms with van der Waals surface area (Å²) in [6.45, 7) is 0. The Bertz CT molecular complexity index is 467. The molecule has 0 radical (unpaired) electrons. The van der Waals surface area contributed by atoms with Crippen LogP contribution in [0, 0.1) is 11.3 Å². The molecule has 0 aliphatic heterocycles. The first-order valence-electron chi connectivity index (χ1n) is 3.34. The average Bonchev–Trinajstić information content (AvgIpc) is 2.49. The molecule has 12 heavy (non-hydrogen) atoms. The van der Waals surface area contributed by atoms with Gasteiger partial charge < -0.3 is 0 Å². The highest BCUT2D eigenvalue weighted by Gasteiger charge is 2.03. The van der Waals surface area contributed by atoms with E-state index in [-0.39, 0.29) is 0 Å². The summed E-state index contributed by atoms with van der Waals surface area (Å²) in [5, 5.41) is 8.69. The van der Waals surface area contributed by atoms with Crippen LogP contribution in [0.4, 0.5) is 0 Å². The average molecular weight is 222 g/mol. The lowest BCUT2D eigenvalue weighted by Gasteiger charge is -1.94. The van der Waals surface area contributed by atoms with E-state index < -0.39 is 0 Å². The van der Waals surface area contributed by atoms with Crippen LogP contribution < -0.4 is 0 Å². The van der Waals surface area contributed by atoms with Crippen molar-refractivity contribution < 1.29 is 0 Å². The molecule has 0 aromatic carbocycles. The molecule has 2 heterocycles. The van der Waals surface area contributed by atoms with E-state index >= 15 is 0 Å². The Morgan fingerprint density at radius 2 is 2.42 bits per heavy atom. The molecule has 4 heteroatoms. The van der Waals surface area contributed by atoms with Crippen molar-refractivity contribution in [2.24, 2.45) is 0 Å². The van der Waals surface area contributed by atoms with Crippen LogP contribution in [0.3, 0.4) is 0 Å². The summed E-state index contributed by atoms with van der Waals surface area (Å²) in [6, 6.07) is 5.81. The second-order valence-corrected chi connectivity index (χ2v) is 3.16. The SMILES string of the molecule is N#Cc1cnc2c(Br)cccn12. The van der Waals surface area contributed by atoms with Crippen LogP contribution in [-0.4, -0.2) is 9.38 Å². The summed E-state index contributed by atoms with van der Waals surface area (Å²) in [5.74, 6) is 0. The van der Waals surface area contributed by atoms with Gasteiger partial charge in [0.1, 0.15) is 11.8 Å². The summed E-state index contributed by atoms with van der Waals surface area (Å²) in [5.41, 5.74) is 1.32. The summed E-state index contributed by atoms with van der Waals surface area (Å²) in [6.07, 6.45) is 3.37. The number of halogens is 1. The van der Waals surface area contributed by atoms with Gasteiger partial charge in [0.25, 0.3) is 0 Å². The van der Waals surface area contributed by atoms with Crippen LogP contribution in [0.5, 0.6) is 0 Å². The number of rotatable bonds is 0. The van der Waals surface area contributed by atoms with Crippen molar-refractivity contribution in [1.82, 2.24) is 9.38 Å². The summed E-state index contributed by atoms with van der Waals surface area (Å²) in [4.78, 5) is 4.08. The Kier molecular flexibility index (Phi) is 1.59. The van der Waals surface area contributed by atoms with Gasteiger partial charge in [0.05, 0.1) is 10.7 Å². The number of imidazole rings is 1. The van der Waals surface area contributed by atoms with E-state index in [1.54, 1.807) is 10.6 Å². The van der Waals surface area contributed by atoms with Gasteiger partial charge in [0.15, 0.2) is 5.65 Å². The maximum absolute atomic E-state index is 8.69. The van der Waals surface area contributed by atoms with E-state index in [2.05, 4.69) is 27.0 Å². The lowest BCUT2D eigenvalue weighted by atomic mass is 10.4. The fraction of sp³-hybridized carbons (Fsp3) is 0. The molecule has 0 saturated heterocycles. The number of hydrogen-bond donors (Lipinski definition) is 0. The Morgan fingerprint density at radius 1 is 1.58 bits per heavy atom. The predicted molar refractivity (Wildman–Crippen MR) is 47.6 cm³/mol. The molecular weight excluding hydrogens is 218 g/mol. The molecule has 2 aromatic rings. The topological polar surface area (TPSA) is 41.1 Å². The van der Waals surface area contributed by atoms with Crippen molar-refractivity contribution in [2.75, 3.05) is 0 Å². The van der Waals surface area contributed by atoms with Gasteiger partial charge in [0, 0.05) is 6.20 Å². The monoisotopic (exact) mass is 221 g/mol. The zero-order chi connectivity index (χ0) is 8.55. The molecule has 0 N–H and O–H groups in total. The van der Waals surface area contributed by atoms with Gasteiger partial charge in [-0.15, -0.1) is 0 Å². The highest BCUT2D eigenvalue weighted by atomic mass is 79.9. The smallest absolute Gasteiger partial charge is 0.152 e. The summed E-state index contributed by atoms with van der Waals surface area (Å²) < 4.78 is 2.64. The number of pyridine rings is 1. The van der Waals surface area contributed by atoms with Crippen molar-refractivity contribution in [2.45, 2.75) is 0 Å². The quantitative estimate of drug-likeness (QED) is 0.683. The minimum Gasteiger partial charge on any atom is -0.290 e. The van der Waals surface area contributed by atoms with Crippen molar-refractivity contribution in [3.8, 4) is 6.07 Å². The van der Waals surface area contributed by atoms with Crippen LogP contribution in [0.2, 0.25) is 0 Å². The highest BCUT2D eigenvalue weighted by Crippen LogP contribution is 2.16. The third-order valence-electron chi connectivity index (χ3n) is 1.60. The largest absolute Gasteiger partial charge is 0.290 e. The van der Waals surface area contributed by atoms with Crippen molar-refractivity contribution in [3.05, 3.63) is 34.7 Å². The maximum atomic E-state index is 8.69. The van der Waals surface area contributed by atoms with Gasteiger partial charge in [0.2, 0.25) is 0 Å². The van der Waals surface area contributed by atoms with Crippen LogP contribution in [0.25, 0.3) is 5.65 Å². The zero-order valence-corrected chi connectivity index (χ0v) is 7.62. The standard InChI is InChI=1S/C8H4BrN3/c9-7-2-1-3-12-6(4-10)5-11-8(7)12/h1-3,5H. The van der Waals surface area contributed by atoms with Gasteiger partial charge in [-0.1, -0.05) is 0 Å². The molecule has 0 bridgehead atoms. The fourth-order valence-corrected chi connectivity index (χ4v) is 1.51. The molecule has 0 aliphatic rings. The summed E-state index contributed by atoms with van der Waals surface area (Å²) in [7, 11) is 0. The first kappa shape index (κ1) is 7.32. The fourth-order valence-electron chi connectivity index (χ4n) is 1.06. The van der Waals surface area contributed by atoms with E-state index in [1.807, 2.05) is 18.3 Å². The van der Waals surface area contributed by atoms with E-state index in [0.717, 1.165) is 10.1 Å². The Labute approximate surface area is 77.4 Å². The first-order chi connectivity index (χ1) is 5.83. The van der Waals surface area contributed by atoms with Gasteiger partial charge >= 0.3 is 0 Å². The molecule has 0 fully saturated rings. The number of hydrogen-bond acceptors (Lipinski definition) is 2. The lowest BCUT2D eigenvalue weighted by molar-refractivity contribution is 1.15. The summed E-state index contributed by atoms with van der Waals surface area (Å²) >= 11 is 3.35. The van der Waals surface area contributed by atoms with E-state index in [9.17, 15) is 0 Å². The van der Waals surface area contributed by atoms with Crippen molar-refractivity contribution in [1.29, 1.82) is 5.26 Å². The minimum absolute atomic E-state index is 0.548. The second kappa shape index (κ2) is 2.61.